The van der Waals surface area contributed by atoms with E-state index < -0.39 is 0 Å². The van der Waals surface area contributed by atoms with Crippen LogP contribution in [0, 0.1) is 6.92 Å². The third-order valence-corrected chi connectivity index (χ3v) is 6.97. The van der Waals surface area contributed by atoms with Crippen molar-refractivity contribution in [1.82, 2.24) is 10.3 Å². The van der Waals surface area contributed by atoms with Crippen molar-refractivity contribution >= 4 is 28.0 Å². The van der Waals surface area contributed by atoms with Crippen LogP contribution < -0.4 is 10.1 Å². The number of hydrogen-bond donors (Lipinski definition) is 1. The number of amides is 1. The summed E-state index contributed by atoms with van der Waals surface area (Å²) in [7, 11) is 0. The van der Waals surface area contributed by atoms with Crippen molar-refractivity contribution in [2.24, 2.45) is 0 Å². The first-order valence-electron chi connectivity index (χ1n) is 12.1. The van der Waals surface area contributed by atoms with Gasteiger partial charge in [-0.1, -0.05) is 84.4 Å². The smallest absolute Gasteiger partial charge is 0.220 e. The molecule has 36 heavy (non-hydrogen) atoms. The normalized spacial score (nSPS) is 10.9. The van der Waals surface area contributed by atoms with Crippen molar-refractivity contribution in [2.75, 3.05) is 6.61 Å². The van der Waals surface area contributed by atoms with E-state index in [2.05, 4.69) is 72.2 Å². The number of thiazole rings is 1. The van der Waals surface area contributed by atoms with Gasteiger partial charge >= 0.3 is 0 Å². The molecule has 0 fully saturated rings. The maximum atomic E-state index is 12.3. The highest BCUT2D eigenvalue weighted by molar-refractivity contribution is 7.13. The topological polar surface area (TPSA) is 51.2 Å². The summed E-state index contributed by atoms with van der Waals surface area (Å²) < 4.78 is 5.83. The van der Waals surface area contributed by atoms with Gasteiger partial charge in [-0.3, -0.25) is 4.79 Å². The van der Waals surface area contributed by atoms with E-state index in [-0.39, 0.29) is 5.91 Å². The van der Waals surface area contributed by atoms with Gasteiger partial charge in [0.1, 0.15) is 10.8 Å². The zero-order chi connectivity index (χ0) is 24.7. The number of ether oxygens (including phenoxy) is 1. The fourth-order valence-electron chi connectivity index (χ4n) is 4.00. The van der Waals surface area contributed by atoms with E-state index in [1.54, 1.807) is 11.3 Å². The molecule has 0 saturated heterocycles. The Hall–Kier alpha value is -3.96. The highest BCUT2D eigenvalue weighted by Crippen LogP contribution is 2.29. The summed E-state index contributed by atoms with van der Waals surface area (Å²) in [6.07, 6.45) is 1.11. The Bertz CT molecular complexity index is 1460. The van der Waals surface area contributed by atoms with Crippen LogP contribution in [0.5, 0.6) is 5.75 Å². The summed E-state index contributed by atoms with van der Waals surface area (Å²) >= 11 is 1.64. The van der Waals surface area contributed by atoms with Gasteiger partial charge < -0.3 is 10.1 Å². The number of carbonyl (C=O) groups is 1. The third kappa shape index (κ3) is 5.99. The Morgan fingerprint density at radius 1 is 0.889 bits per heavy atom. The molecule has 1 N–H and O–H groups in total. The van der Waals surface area contributed by atoms with Gasteiger partial charge in [-0.25, -0.2) is 4.98 Å². The number of hydrogen-bond acceptors (Lipinski definition) is 4. The minimum absolute atomic E-state index is 0.0313. The zero-order valence-corrected chi connectivity index (χ0v) is 21.1. The Balaban J connectivity index is 1.06. The summed E-state index contributed by atoms with van der Waals surface area (Å²) in [5, 5.41) is 8.44. The second-order valence-corrected chi connectivity index (χ2v) is 9.70. The summed E-state index contributed by atoms with van der Waals surface area (Å²) in [6, 6.07) is 30.9. The monoisotopic (exact) mass is 492 g/mol. The minimum atomic E-state index is 0.0313. The largest absolute Gasteiger partial charge is 0.494 e. The van der Waals surface area contributed by atoms with Crippen molar-refractivity contribution in [3.8, 4) is 27.6 Å². The number of benzene rings is 4. The molecule has 0 atom stereocenters. The van der Waals surface area contributed by atoms with E-state index in [1.807, 2.05) is 36.4 Å². The Morgan fingerprint density at radius 2 is 1.64 bits per heavy atom. The van der Waals surface area contributed by atoms with E-state index in [0.29, 0.717) is 26.0 Å². The van der Waals surface area contributed by atoms with E-state index in [9.17, 15) is 4.79 Å². The second-order valence-electron chi connectivity index (χ2n) is 8.84. The molecule has 0 bridgehead atoms. The van der Waals surface area contributed by atoms with Gasteiger partial charge in [0.25, 0.3) is 0 Å². The van der Waals surface area contributed by atoms with Gasteiger partial charge in [0.2, 0.25) is 5.91 Å². The van der Waals surface area contributed by atoms with Crippen molar-refractivity contribution < 1.29 is 9.53 Å². The highest BCUT2D eigenvalue weighted by Gasteiger charge is 2.08. The maximum Gasteiger partial charge on any atom is 0.220 e. The molecule has 1 aromatic heterocycles. The molecule has 5 rings (SSSR count). The van der Waals surface area contributed by atoms with Crippen molar-refractivity contribution in [3.05, 3.63) is 108 Å². The Morgan fingerprint density at radius 3 is 2.44 bits per heavy atom. The highest BCUT2D eigenvalue weighted by atomic mass is 32.1. The van der Waals surface area contributed by atoms with Gasteiger partial charge in [-0.15, -0.1) is 11.3 Å². The van der Waals surface area contributed by atoms with Crippen LogP contribution >= 0.6 is 11.3 Å². The lowest BCUT2D eigenvalue weighted by Crippen LogP contribution is -2.22. The summed E-state index contributed by atoms with van der Waals surface area (Å²) in [5.74, 6) is 0.865. The number of nitrogens with zero attached hydrogens (tertiary/aromatic N) is 1. The van der Waals surface area contributed by atoms with Crippen LogP contribution in [0.2, 0.25) is 0 Å². The number of carbonyl (C=O) groups excluding carboxylic acids is 1. The van der Waals surface area contributed by atoms with Gasteiger partial charge in [-0.05, 0) is 41.8 Å². The quantitative estimate of drug-likeness (QED) is 0.218. The first-order chi connectivity index (χ1) is 17.6. The average molecular weight is 493 g/mol. The molecule has 4 nitrogen and oxygen atoms in total. The van der Waals surface area contributed by atoms with E-state index in [0.717, 1.165) is 38.5 Å². The molecule has 5 aromatic rings. The zero-order valence-electron chi connectivity index (χ0n) is 20.2. The molecule has 1 amide bonds. The predicted molar refractivity (Wildman–Crippen MR) is 148 cm³/mol. The van der Waals surface area contributed by atoms with Crippen molar-refractivity contribution in [3.63, 3.8) is 0 Å². The summed E-state index contributed by atoms with van der Waals surface area (Å²) in [4.78, 5) is 17.1. The molecule has 1 heterocycles. The van der Waals surface area contributed by atoms with Crippen LogP contribution in [0.3, 0.4) is 0 Å². The molecule has 0 unspecified atom stereocenters. The van der Waals surface area contributed by atoms with Crippen LogP contribution in [0.1, 0.15) is 24.0 Å². The molecule has 180 valence electrons. The number of rotatable bonds is 9. The number of aryl methyl sites for hydroxylation is 1. The molecule has 0 radical (unpaired) electrons. The lowest BCUT2D eigenvalue weighted by molar-refractivity contribution is -0.121. The predicted octanol–water partition coefficient (Wildman–Crippen LogP) is 7.41. The molecular formula is C31H28N2O2S. The van der Waals surface area contributed by atoms with Crippen LogP contribution in [0.4, 0.5) is 0 Å². The SMILES string of the molecule is Cc1ccc(-c2csc(-c3ccc(CNC(=O)CCCOc4ccc5ccccc5c4)cc3)n2)cc1. The molecule has 4 aromatic carbocycles. The lowest BCUT2D eigenvalue weighted by atomic mass is 10.1. The average Bonchev–Trinajstić information content (AvgIpc) is 3.41. The number of nitrogens with one attached hydrogen (secondary N) is 1. The van der Waals surface area contributed by atoms with Gasteiger partial charge in [0.15, 0.2) is 0 Å². The van der Waals surface area contributed by atoms with E-state index in [4.69, 9.17) is 9.72 Å². The number of fused-ring (bicyclic) bond motifs is 1. The van der Waals surface area contributed by atoms with Gasteiger partial charge in [-0.2, -0.15) is 0 Å². The van der Waals surface area contributed by atoms with Crippen LogP contribution in [-0.2, 0) is 11.3 Å². The molecule has 5 heteroatoms. The Kier molecular flexibility index (Phi) is 7.39. The summed E-state index contributed by atoms with van der Waals surface area (Å²) in [6.45, 7) is 3.11. The molecule has 0 saturated carbocycles. The van der Waals surface area contributed by atoms with E-state index >= 15 is 0 Å². The van der Waals surface area contributed by atoms with Crippen LogP contribution in [-0.4, -0.2) is 17.5 Å². The van der Waals surface area contributed by atoms with Crippen molar-refractivity contribution in [1.29, 1.82) is 0 Å². The standard InChI is InChI=1S/C31H28N2O2S/c1-22-8-12-25(13-9-22)29-21-36-31(33-29)26-14-10-23(11-15-26)20-32-30(34)7-4-18-35-28-17-16-24-5-2-3-6-27(24)19-28/h2-3,5-6,8-17,19,21H,4,7,18,20H2,1H3,(H,32,34). The van der Waals surface area contributed by atoms with Crippen molar-refractivity contribution in [2.45, 2.75) is 26.3 Å². The minimum Gasteiger partial charge on any atom is -0.494 e. The molecule has 0 aliphatic rings. The number of aromatic nitrogens is 1. The summed E-state index contributed by atoms with van der Waals surface area (Å²) in [5.41, 5.74) is 5.52. The molecule has 0 spiro atoms. The van der Waals surface area contributed by atoms with Gasteiger partial charge in [0, 0.05) is 29.5 Å². The maximum absolute atomic E-state index is 12.3. The molecular weight excluding hydrogens is 464 g/mol. The Labute approximate surface area is 215 Å². The third-order valence-electron chi connectivity index (χ3n) is 6.08. The first-order valence-corrected chi connectivity index (χ1v) is 13.0. The molecule has 0 aliphatic heterocycles. The van der Waals surface area contributed by atoms with E-state index in [1.165, 1.54) is 10.9 Å². The second kappa shape index (κ2) is 11.2. The lowest BCUT2D eigenvalue weighted by Gasteiger charge is -2.08. The first kappa shape index (κ1) is 23.8. The van der Waals surface area contributed by atoms with Crippen LogP contribution in [0.15, 0.2) is 96.4 Å². The molecule has 0 aliphatic carbocycles. The van der Waals surface area contributed by atoms with Gasteiger partial charge in [0.05, 0.1) is 12.3 Å². The van der Waals surface area contributed by atoms with Crippen LogP contribution in [0.25, 0.3) is 32.6 Å². The fraction of sp³-hybridized carbons (Fsp3) is 0.161. The fourth-order valence-corrected chi connectivity index (χ4v) is 4.83.